The van der Waals surface area contributed by atoms with Crippen LogP contribution in [0.5, 0.6) is 0 Å². The maximum absolute atomic E-state index is 4.68. The van der Waals surface area contributed by atoms with E-state index in [4.69, 9.17) is 0 Å². The third kappa shape index (κ3) is 1.95. The molecule has 0 saturated heterocycles. The zero-order valence-electron chi connectivity index (χ0n) is 11.3. The molecular formula is C17H17N3. The van der Waals surface area contributed by atoms with E-state index in [0.717, 1.165) is 31.0 Å². The molecule has 0 saturated carbocycles. The van der Waals surface area contributed by atoms with Crippen LogP contribution < -0.4 is 10.6 Å². The van der Waals surface area contributed by atoms with Gasteiger partial charge in [-0.1, -0.05) is 42.5 Å². The molecule has 0 aromatic heterocycles. The molecular weight excluding hydrogens is 246 g/mol. The molecule has 2 aliphatic rings. The topological polar surface area (TPSA) is 36.4 Å². The van der Waals surface area contributed by atoms with Crippen molar-refractivity contribution in [2.75, 3.05) is 0 Å². The standard InChI is InChI=1S/C17H17N3/c1-3-7-14-12(5-1)9-10-16(14)20-17-18-11-13-6-2-4-8-15(13)19-17/h1-8,16H,9-11H2,(H2,18,19,20)/t16-/m0/s1. The first-order valence-corrected chi connectivity index (χ1v) is 7.15. The molecule has 20 heavy (non-hydrogen) atoms. The van der Waals surface area contributed by atoms with Gasteiger partial charge >= 0.3 is 0 Å². The van der Waals surface area contributed by atoms with Crippen molar-refractivity contribution in [3.8, 4) is 0 Å². The largest absolute Gasteiger partial charge is 0.352 e. The van der Waals surface area contributed by atoms with E-state index in [-0.39, 0.29) is 0 Å². The minimum Gasteiger partial charge on any atom is -0.352 e. The average molecular weight is 263 g/mol. The van der Waals surface area contributed by atoms with Crippen LogP contribution in [0.2, 0.25) is 0 Å². The molecule has 2 N–H and O–H groups in total. The Hall–Kier alpha value is -2.29. The second kappa shape index (κ2) is 4.67. The number of aliphatic imine (C=N–C) groups is 1. The summed E-state index contributed by atoms with van der Waals surface area (Å²) in [5.74, 6) is 0.894. The molecule has 1 aliphatic heterocycles. The maximum Gasteiger partial charge on any atom is 0.197 e. The number of aryl methyl sites for hydroxylation is 1. The van der Waals surface area contributed by atoms with E-state index in [2.05, 4.69) is 58.1 Å². The Labute approximate surface area is 118 Å². The van der Waals surface area contributed by atoms with E-state index in [1.54, 1.807) is 0 Å². The Morgan fingerprint density at radius 2 is 1.80 bits per heavy atom. The zero-order valence-corrected chi connectivity index (χ0v) is 11.3. The molecule has 0 fully saturated rings. The van der Waals surface area contributed by atoms with E-state index in [1.807, 2.05) is 6.07 Å². The SMILES string of the molecule is c1ccc2c(c1)CNC(N[C@H]1CCc3ccccc31)=N2. The summed E-state index contributed by atoms with van der Waals surface area (Å²) in [6.07, 6.45) is 2.29. The first-order valence-electron chi connectivity index (χ1n) is 7.15. The third-order valence-electron chi connectivity index (χ3n) is 4.11. The number of para-hydroxylation sites is 1. The summed E-state index contributed by atoms with van der Waals surface area (Å²) in [6, 6.07) is 17.3. The monoisotopic (exact) mass is 263 g/mol. The van der Waals surface area contributed by atoms with Gasteiger partial charge in [0, 0.05) is 6.54 Å². The summed E-state index contributed by atoms with van der Waals surface area (Å²) in [5, 5.41) is 6.93. The molecule has 4 rings (SSSR count). The van der Waals surface area contributed by atoms with Gasteiger partial charge in [0.15, 0.2) is 5.96 Å². The highest BCUT2D eigenvalue weighted by Gasteiger charge is 2.23. The summed E-state index contributed by atoms with van der Waals surface area (Å²) in [5.41, 5.74) is 5.20. The van der Waals surface area contributed by atoms with Gasteiger partial charge in [0.2, 0.25) is 0 Å². The van der Waals surface area contributed by atoms with Crippen LogP contribution in [0.1, 0.15) is 29.2 Å². The Bertz CT molecular complexity index is 675. The molecule has 2 aromatic carbocycles. The normalized spacial score (nSPS) is 19.6. The van der Waals surface area contributed by atoms with Gasteiger partial charge in [0.1, 0.15) is 0 Å². The second-order valence-electron chi connectivity index (χ2n) is 5.38. The van der Waals surface area contributed by atoms with Gasteiger partial charge in [0.25, 0.3) is 0 Å². The number of hydrogen-bond donors (Lipinski definition) is 2. The summed E-state index contributed by atoms with van der Waals surface area (Å²) >= 11 is 0. The molecule has 3 nitrogen and oxygen atoms in total. The van der Waals surface area contributed by atoms with Gasteiger partial charge in [-0.15, -0.1) is 0 Å². The van der Waals surface area contributed by atoms with E-state index in [0.29, 0.717) is 6.04 Å². The van der Waals surface area contributed by atoms with Crippen molar-refractivity contribution in [1.29, 1.82) is 0 Å². The lowest BCUT2D eigenvalue weighted by atomic mass is 10.1. The number of nitrogens with one attached hydrogen (secondary N) is 2. The van der Waals surface area contributed by atoms with Crippen molar-refractivity contribution in [3.63, 3.8) is 0 Å². The Kier molecular flexibility index (Phi) is 2.69. The second-order valence-corrected chi connectivity index (χ2v) is 5.38. The highest BCUT2D eigenvalue weighted by molar-refractivity contribution is 5.85. The lowest BCUT2D eigenvalue weighted by Gasteiger charge is -2.22. The number of rotatable bonds is 1. The summed E-state index contributed by atoms with van der Waals surface area (Å²) in [7, 11) is 0. The fourth-order valence-corrected chi connectivity index (χ4v) is 3.06. The van der Waals surface area contributed by atoms with Gasteiger partial charge in [0.05, 0.1) is 11.7 Å². The summed E-state index contributed by atoms with van der Waals surface area (Å²) in [6.45, 7) is 0.844. The van der Waals surface area contributed by atoms with E-state index in [1.165, 1.54) is 16.7 Å². The molecule has 0 unspecified atom stereocenters. The summed E-state index contributed by atoms with van der Waals surface area (Å²) in [4.78, 5) is 4.68. The molecule has 2 aromatic rings. The zero-order chi connectivity index (χ0) is 13.4. The lowest BCUT2D eigenvalue weighted by molar-refractivity contribution is 0.620. The minimum absolute atomic E-state index is 0.378. The smallest absolute Gasteiger partial charge is 0.197 e. The molecule has 0 bridgehead atoms. The van der Waals surface area contributed by atoms with Gasteiger partial charge in [-0.3, -0.25) is 0 Å². The van der Waals surface area contributed by atoms with Crippen molar-refractivity contribution < 1.29 is 0 Å². The lowest BCUT2D eigenvalue weighted by Crippen LogP contribution is -2.40. The average Bonchev–Trinajstić information content (AvgIpc) is 2.91. The first-order chi connectivity index (χ1) is 9.90. The molecule has 1 heterocycles. The molecule has 0 amide bonds. The fraction of sp³-hybridized carbons (Fsp3) is 0.235. The number of guanidine groups is 1. The quantitative estimate of drug-likeness (QED) is 0.829. The predicted molar refractivity (Wildman–Crippen MR) is 81.0 cm³/mol. The van der Waals surface area contributed by atoms with Crippen LogP contribution in [-0.4, -0.2) is 5.96 Å². The highest BCUT2D eigenvalue weighted by atomic mass is 15.2. The van der Waals surface area contributed by atoms with Gasteiger partial charge in [-0.25, -0.2) is 4.99 Å². The van der Waals surface area contributed by atoms with Crippen LogP contribution in [0.4, 0.5) is 5.69 Å². The number of nitrogens with zero attached hydrogens (tertiary/aromatic N) is 1. The first kappa shape index (κ1) is 11.5. The van der Waals surface area contributed by atoms with Crippen molar-refractivity contribution in [1.82, 2.24) is 10.6 Å². The van der Waals surface area contributed by atoms with Crippen molar-refractivity contribution in [2.24, 2.45) is 4.99 Å². The third-order valence-corrected chi connectivity index (χ3v) is 4.11. The maximum atomic E-state index is 4.68. The van der Waals surface area contributed by atoms with Crippen LogP contribution in [0, 0.1) is 0 Å². The van der Waals surface area contributed by atoms with Crippen LogP contribution >= 0.6 is 0 Å². The van der Waals surface area contributed by atoms with Crippen LogP contribution in [0.15, 0.2) is 53.5 Å². The number of hydrogen-bond acceptors (Lipinski definition) is 3. The number of fused-ring (bicyclic) bond motifs is 2. The Balaban J connectivity index is 1.58. The van der Waals surface area contributed by atoms with Crippen LogP contribution in [0.25, 0.3) is 0 Å². The van der Waals surface area contributed by atoms with E-state index >= 15 is 0 Å². The molecule has 0 spiro atoms. The van der Waals surface area contributed by atoms with E-state index < -0.39 is 0 Å². The van der Waals surface area contributed by atoms with Crippen LogP contribution in [-0.2, 0) is 13.0 Å². The molecule has 1 atom stereocenters. The van der Waals surface area contributed by atoms with Gasteiger partial charge in [-0.05, 0) is 35.6 Å². The Morgan fingerprint density at radius 1 is 1.00 bits per heavy atom. The highest BCUT2D eigenvalue weighted by Crippen LogP contribution is 2.31. The predicted octanol–water partition coefficient (Wildman–Crippen LogP) is 3.05. The van der Waals surface area contributed by atoms with Crippen molar-refractivity contribution >= 4 is 11.6 Å². The van der Waals surface area contributed by atoms with Crippen LogP contribution in [0.3, 0.4) is 0 Å². The molecule has 3 heteroatoms. The van der Waals surface area contributed by atoms with Gasteiger partial charge < -0.3 is 10.6 Å². The van der Waals surface area contributed by atoms with E-state index in [9.17, 15) is 0 Å². The van der Waals surface area contributed by atoms with Crippen molar-refractivity contribution in [3.05, 3.63) is 65.2 Å². The minimum atomic E-state index is 0.378. The summed E-state index contributed by atoms with van der Waals surface area (Å²) < 4.78 is 0. The Morgan fingerprint density at radius 3 is 2.75 bits per heavy atom. The molecule has 0 radical (unpaired) electrons. The van der Waals surface area contributed by atoms with Crippen molar-refractivity contribution in [2.45, 2.75) is 25.4 Å². The molecule has 1 aliphatic carbocycles. The number of benzene rings is 2. The van der Waals surface area contributed by atoms with Gasteiger partial charge in [-0.2, -0.15) is 0 Å². The molecule has 100 valence electrons. The fourth-order valence-electron chi connectivity index (χ4n) is 3.06.